The zero-order valence-corrected chi connectivity index (χ0v) is 16.6. The quantitative estimate of drug-likeness (QED) is 0.261. The maximum atomic E-state index is 11.7. The highest BCUT2D eigenvalue weighted by molar-refractivity contribution is 6.35. The van der Waals surface area contributed by atoms with Gasteiger partial charge in [-0.15, -0.1) is 0 Å². The molecule has 0 fully saturated rings. The molecule has 3 aromatic carbocycles. The number of nitrogens with zero attached hydrogens (tertiary/aromatic N) is 1. The fraction of sp³-hybridized carbons (Fsp3) is 0.174. The molecule has 154 valence electrons. The first-order chi connectivity index (χ1) is 14.7. The van der Waals surface area contributed by atoms with E-state index in [-0.39, 0.29) is 6.54 Å². The molecule has 30 heavy (non-hydrogen) atoms. The second kappa shape index (κ2) is 10.7. The zero-order valence-electron chi connectivity index (χ0n) is 16.6. The lowest BCUT2D eigenvalue weighted by molar-refractivity contribution is -0.139. The van der Waals surface area contributed by atoms with E-state index in [4.69, 9.17) is 9.47 Å². The van der Waals surface area contributed by atoms with Crippen molar-refractivity contribution in [1.29, 1.82) is 0 Å². The van der Waals surface area contributed by atoms with Crippen LogP contribution in [0.15, 0.2) is 71.8 Å². The molecule has 0 aliphatic carbocycles. The molecule has 0 radical (unpaired) electrons. The molecule has 7 nitrogen and oxygen atoms in total. The number of hydrogen-bond donors (Lipinski definition) is 2. The summed E-state index contributed by atoms with van der Waals surface area (Å²) in [6.45, 7) is 0.960. The van der Waals surface area contributed by atoms with Crippen molar-refractivity contribution in [2.45, 2.75) is 6.61 Å². The summed E-state index contributed by atoms with van der Waals surface area (Å²) in [5.74, 6) is -1.01. The maximum absolute atomic E-state index is 11.7. The third kappa shape index (κ3) is 5.65. The molecule has 0 bridgehead atoms. The van der Waals surface area contributed by atoms with E-state index in [1.54, 1.807) is 0 Å². The van der Waals surface area contributed by atoms with Crippen LogP contribution in [-0.2, 0) is 20.9 Å². The average Bonchev–Trinajstić information content (AvgIpc) is 2.78. The molecule has 0 heterocycles. The smallest absolute Gasteiger partial charge is 0.329 e. The molecule has 0 aliphatic heterocycles. The van der Waals surface area contributed by atoms with Crippen molar-refractivity contribution in [2.75, 3.05) is 20.3 Å². The number of hydrazone groups is 1. The number of para-hydroxylation sites is 1. The van der Waals surface area contributed by atoms with Crippen molar-refractivity contribution < 1.29 is 19.1 Å². The van der Waals surface area contributed by atoms with Crippen LogP contribution in [0.25, 0.3) is 10.8 Å². The highest BCUT2D eigenvalue weighted by Gasteiger charge is 2.11. The summed E-state index contributed by atoms with van der Waals surface area (Å²) in [7, 11) is 1.51. The topological polar surface area (TPSA) is 89.0 Å². The van der Waals surface area contributed by atoms with Gasteiger partial charge < -0.3 is 14.8 Å². The minimum absolute atomic E-state index is 0.247. The number of carbonyl (C=O) groups is 2. The van der Waals surface area contributed by atoms with E-state index < -0.39 is 11.8 Å². The van der Waals surface area contributed by atoms with E-state index >= 15 is 0 Å². The second-order valence-corrected chi connectivity index (χ2v) is 6.41. The maximum Gasteiger partial charge on any atom is 0.329 e. The number of nitrogens with one attached hydrogen (secondary N) is 2. The SMILES string of the molecule is COCCNC(=O)C(=O)N/N=C\c1ccccc1OCc1cccc2ccccc12. The molecule has 2 amide bonds. The Labute approximate surface area is 174 Å². The molecule has 0 spiro atoms. The van der Waals surface area contributed by atoms with Crippen LogP contribution < -0.4 is 15.5 Å². The number of methoxy groups -OCH3 is 1. The lowest BCUT2D eigenvalue weighted by Crippen LogP contribution is -2.39. The van der Waals surface area contributed by atoms with Gasteiger partial charge in [0.1, 0.15) is 12.4 Å². The lowest BCUT2D eigenvalue weighted by atomic mass is 10.1. The molecular weight excluding hydrogens is 382 g/mol. The first-order valence-corrected chi connectivity index (χ1v) is 9.47. The van der Waals surface area contributed by atoms with Crippen molar-refractivity contribution in [3.05, 3.63) is 77.9 Å². The minimum atomic E-state index is -0.850. The number of benzene rings is 3. The minimum Gasteiger partial charge on any atom is -0.488 e. The summed E-state index contributed by atoms with van der Waals surface area (Å²) in [5, 5.41) is 8.57. The summed E-state index contributed by atoms with van der Waals surface area (Å²) >= 11 is 0. The van der Waals surface area contributed by atoms with Gasteiger partial charge in [0.15, 0.2) is 0 Å². The van der Waals surface area contributed by atoms with E-state index in [2.05, 4.69) is 34.0 Å². The van der Waals surface area contributed by atoms with Crippen molar-refractivity contribution in [3.8, 4) is 5.75 Å². The Bertz CT molecular complexity index is 1040. The largest absolute Gasteiger partial charge is 0.488 e. The van der Waals surface area contributed by atoms with Crippen molar-refractivity contribution in [2.24, 2.45) is 5.10 Å². The summed E-state index contributed by atoms with van der Waals surface area (Å²) in [4.78, 5) is 23.4. The van der Waals surface area contributed by atoms with Crippen LogP contribution in [0.5, 0.6) is 5.75 Å². The summed E-state index contributed by atoms with van der Waals surface area (Å²) < 4.78 is 10.8. The molecule has 0 aromatic heterocycles. The van der Waals surface area contributed by atoms with E-state index in [1.165, 1.54) is 13.3 Å². The molecule has 0 saturated carbocycles. The van der Waals surface area contributed by atoms with Gasteiger partial charge in [0.2, 0.25) is 0 Å². The van der Waals surface area contributed by atoms with Gasteiger partial charge in [-0.25, -0.2) is 5.43 Å². The Morgan fingerprint density at radius 2 is 1.73 bits per heavy atom. The number of fused-ring (bicyclic) bond motifs is 1. The van der Waals surface area contributed by atoms with Crippen molar-refractivity contribution >= 4 is 28.8 Å². The fourth-order valence-electron chi connectivity index (χ4n) is 2.85. The van der Waals surface area contributed by atoms with Crippen LogP contribution in [0.3, 0.4) is 0 Å². The van der Waals surface area contributed by atoms with Crippen LogP contribution in [-0.4, -0.2) is 38.3 Å². The molecular formula is C23H23N3O4. The number of amides is 2. The first kappa shape index (κ1) is 21.0. The lowest BCUT2D eigenvalue weighted by Gasteiger charge is -2.11. The van der Waals surface area contributed by atoms with E-state index in [9.17, 15) is 9.59 Å². The fourth-order valence-corrected chi connectivity index (χ4v) is 2.85. The van der Waals surface area contributed by atoms with Crippen molar-refractivity contribution in [3.63, 3.8) is 0 Å². The Kier molecular flexibility index (Phi) is 7.51. The van der Waals surface area contributed by atoms with Crippen LogP contribution in [0.1, 0.15) is 11.1 Å². The van der Waals surface area contributed by atoms with Crippen LogP contribution in [0.2, 0.25) is 0 Å². The van der Waals surface area contributed by atoms with Gasteiger partial charge in [-0.1, -0.05) is 54.6 Å². The van der Waals surface area contributed by atoms with Gasteiger partial charge >= 0.3 is 11.8 Å². The van der Waals surface area contributed by atoms with Crippen LogP contribution in [0, 0.1) is 0 Å². The number of rotatable bonds is 8. The molecule has 3 rings (SSSR count). The average molecular weight is 405 g/mol. The predicted molar refractivity (Wildman–Crippen MR) is 115 cm³/mol. The Balaban J connectivity index is 1.62. The third-order valence-electron chi connectivity index (χ3n) is 4.35. The van der Waals surface area contributed by atoms with Gasteiger partial charge in [0.05, 0.1) is 12.8 Å². The molecule has 0 aliphatic rings. The normalized spacial score (nSPS) is 10.8. The molecule has 2 N–H and O–H groups in total. The molecule has 0 atom stereocenters. The first-order valence-electron chi connectivity index (χ1n) is 9.47. The Hall–Kier alpha value is -3.71. The third-order valence-corrected chi connectivity index (χ3v) is 4.35. The van der Waals surface area contributed by atoms with Gasteiger partial charge in [-0.2, -0.15) is 5.10 Å². The van der Waals surface area contributed by atoms with Crippen LogP contribution >= 0.6 is 0 Å². The molecule has 7 heteroatoms. The molecule has 3 aromatic rings. The highest BCUT2D eigenvalue weighted by Crippen LogP contribution is 2.22. The molecule has 0 saturated heterocycles. The van der Waals surface area contributed by atoms with E-state index in [0.717, 1.165) is 16.3 Å². The zero-order chi connectivity index (χ0) is 21.2. The second-order valence-electron chi connectivity index (χ2n) is 6.41. The molecule has 0 unspecified atom stereocenters. The van der Waals surface area contributed by atoms with Gasteiger partial charge in [0, 0.05) is 19.2 Å². The highest BCUT2D eigenvalue weighted by atomic mass is 16.5. The van der Waals surface area contributed by atoms with Crippen molar-refractivity contribution in [1.82, 2.24) is 10.7 Å². The monoisotopic (exact) mass is 405 g/mol. The van der Waals surface area contributed by atoms with Gasteiger partial charge in [0.25, 0.3) is 0 Å². The predicted octanol–water partition coefficient (Wildman–Crippen LogP) is 2.63. The number of carbonyl (C=O) groups excluding carboxylic acids is 2. The van der Waals surface area contributed by atoms with Gasteiger partial charge in [-0.05, 0) is 28.5 Å². The summed E-state index contributed by atoms with van der Waals surface area (Å²) in [5.41, 5.74) is 3.95. The van der Waals surface area contributed by atoms with Gasteiger partial charge in [-0.3, -0.25) is 9.59 Å². The van der Waals surface area contributed by atoms with E-state index in [0.29, 0.717) is 24.5 Å². The Morgan fingerprint density at radius 1 is 0.967 bits per heavy atom. The van der Waals surface area contributed by atoms with Crippen LogP contribution in [0.4, 0.5) is 0 Å². The summed E-state index contributed by atoms with van der Waals surface area (Å²) in [6, 6.07) is 21.6. The standard InChI is InChI=1S/C23H23N3O4/c1-29-14-13-24-22(27)23(28)26-25-15-18-8-3-5-12-21(18)30-16-19-10-6-9-17-7-2-4-11-20(17)19/h2-12,15H,13-14,16H2,1H3,(H,24,27)(H,26,28)/b25-15-. The number of ether oxygens (including phenoxy) is 2. The summed E-state index contributed by atoms with van der Waals surface area (Å²) in [6.07, 6.45) is 1.44. The van der Waals surface area contributed by atoms with E-state index in [1.807, 2.05) is 48.5 Å². The Morgan fingerprint density at radius 3 is 2.60 bits per heavy atom. The number of hydrogen-bond acceptors (Lipinski definition) is 5.